The van der Waals surface area contributed by atoms with Crippen LogP contribution in [0, 0.1) is 5.82 Å². The number of halogens is 3. The van der Waals surface area contributed by atoms with Crippen molar-refractivity contribution in [1.82, 2.24) is 9.97 Å². The summed E-state index contributed by atoms with van der Waals surface area (Å²) < 4.78 is 44.2. The van der Waals surface area contributed by atoms with E-state index in [1.165, 1.54) is 29.4 Å². The Bertz CT molecular complexity index is 1160. The van der Waals surface area contributed by atoms with Crippen LogP contribution in [0.15, 0.2) is 48.8 Å². The van der Waals surface area contributed by atoms with Crippen molar-refractivity contribution in [3.8, 4) is 17.0 Å². The summed E-state index contributed by atoms with van der Waals surface area (Å²) in [7, 11) is 0. The molecule has 0 fully saturated rings. The van der Waals surface area contributed by atoms with Gasteiger partial charge in [0, 0.05) is 40.7 Å². The van der Waals surface area contributed by atoms with Crippen LogP contribution in [0.5, 0.6) is 5.75 Å². The normalized spacial score (nSPS) is 13.6. The molecule has 1 aromatic carbocycles. The van der Waals surface area contributed by atoms with Gasteiger partial charge in [-0.15, -0.1) is 0 Å². The standard InChI is InChI=1S/C23H20F3N3O3/c1-23(2,31)13-3-6-20(28-10-13)29-11-17-15(22(29)30)7-8-27-21(17)16-5-4-14(24)9-18(16)32-12-19(25)26/h3-10,19,31H,11-12H2,1-2H3. The molecule has 2 aromatic heterocycles. The molecule has 0 radical (unpaired) electrons. The van der Waals surface area contributed by atoms with E-state index in [1.807, 2.05) is 0 Å². The summed E-state index contributed by atoms with van der Waals surface area (Å²) >= 11 is 0. The van der Waals surface area contributed by atoms with Crippen LogP contribution in [-0.4, -0.2) is 34.0 Å². The highest BCUT2D eigenvalue weighted by Crippen LogP contribution is 2.37. The van der Waals surface area contributed by atoms with E-state index >= 15 is 0 Å². The number of benzene rings is 1. The predicted molar refractivity (Wildman–Crippen MR) is 111 cm³/mol. The van der Waals surface area contributed by atoms with Crippen LogP contribution in [0.1, 0.15) is 35.3 Å². The smallest absolute Gasteiger partial charge is 0.272 e. The zero-order valence-electron chi connectivity index (χ0n) is 17.3. The molecule has 0 spiro atoms. The van der Waals surface area contributed by atoms with E-state index in [0.717, 1.165) is 6.07 Å². The minimum atomic E-state index is -2.73. The van der Waals surface area contributed by atoms with E-state index in [9.17, 15) is 23.1 Å². The summed E-state index contributed by atoms with van der Waals surface area (Å²) in [4.78, 5) is 23.1. The Hall–Kier alpha value is -3.46. The Morgan fingerprint density at radius 2 is 1.94 bits per heavy atom. The number of carbonyl (C=O) groups is 1. The molecular weight excluding hydrogens is 423 g/mol. The minimum Gasteiger partial charge on any atom is -0.487 e. The van der Waals surface area contributed by atoms with Crippen molar-refractivity contribution in [3.05, 3.63) is 71.3 Å². The van der Waals surface area contributed by atoms with Crippen LogP contribution in [0.2, 0.25) is 0 Å². The van der Waals surface area contributed by atoms with Crippen LogP contribution >= 0.6 is 0 Å². The lowest BCUT2D eigenvalue weighted by Gasteiger charge is -2.19. The van der Waals surface area contributed by atoms with Crippen molar-refractivity contribution in [2.45, 2.75) is 32.4 Å². The van der Waals surface area contributed by atoms with Gasteiger partial charge in [0.2, 0.25) is 0 Å². The van der Waals surface area contributed by atoms with Gasteiger partial charge in [-0.05, 0) is 38.1 Å². The number of aromatic nitrogens is 2. The van der Waals surface area contributed by atoms with Gasteiger partial charge in [0.25, 0.3) is 12.3 Å². The molecule has 1 N–H and O–H groups in total. The first-order valence-electron chi connectivity index (χ1n) is 9.84. The third-order valence-corrected chi connectivity index (χ3v) is 5.14. The number of hydrogen-bond donors (Lipinski definition) is 1. The van der Waals surface area contributed by atoms with E-state index in [-0.39, 0.29) is 18.2 Å². The summed E-state index contributed by atoms with van der Waals surface area (Å²) in [5, 5.41) is 10.1. The number of ether oxygens (including phenoxy) is 1. The Morgan fingerprint density at radius 1 is 1.16 bits per heavy atom. The van der Waals surface area contributed by atoms with Crippen molar-refractivity contribution >= 4 is 11.7 Å². The van der Waals surface area contributed by atoms with E-state index in [1.54, 1.807) is 32.0 Å². The summed E-state index contributed by atoms with van der Waals surface area (Å²) in [6.45, 7) is 2.51. The fourth-order valence-electron chi connectivity index (χ4n) is 3.52. The van der Waals surface area contributed by atoms with Crippen LogP contribution in [0.25, 0.3) is 11.3 Å². The first kappa shape index (κ1) is 21.8. The number of anilines is 1. The monoisotopic (exact) mass is 443 g/mol. The second-order valence-corrected chi connectivity index (χ2v) is 7.88. The third kappa shape index (κ3) is 4.16. The largest absolute Gasteiger partial charge is 0.487 e. The fraction of sp³-hybridized carbons (Fsp3) is 0.261. The fourth-order valence-corrected chi connectivity index (χ4v) is 3.52. The van der Waals surface area contributed by atoms with Crippen molar-refractivity contribution in [3.63, 3.8) is 0 Å². The lowest BCUT2D eigenvalue weighted by Crippen LogP contribution is -2.24. The van der Waals surface area contributed by atoms with E-state index in [4.69, 9.17) is 4.74 Å². The summed E-state index contributed by atoms with van der Waals surface area (Å²) in [5.41, 5.74) is 1.11. The average Bonchev–Trinajstić information content (AvgIpc) is 3.09. The van der Waals surface area contributed by atoms with Gasteiger partial charge in [0.05, 0.1) is 17.8 Å². The maximum absolute atomic E-state index is 13.7. The van der Waals surface area contributed by atoms with Crippen LogP contribution < -0.4 is 9.64 Å². The Labute approximate surface area is 182 Å². The second-order valence-electron chi connectivity index (χ2n) is 7.88. The topological polar surface area (TPSA) is 75.6 Å². The van der Waals surface area contributed by atoms with E-state index < -0.39 is 24.5 Å². The van der Waals surface area contributed by atoms with Crippen LogP contribution in [0.3, 0.4) is 0 Å². The van der Waals surface area contributed by atoms with Crippen LogP contribution in [-0.2, 0) is 12.1 Å². The van der Waals surface area contributed by atoms with Gasteiger partial charge >= 0.3 is 0 Å². The highest BCUT2D eigenvalue weighted by atomic mass is 19.3. The number of nitrogens with zero attached hydrogens (tertiary/aromatic N) is 3. The number of fused-ring (bicyclic) bond motifs is 1. The Kier molecular flexibility index (Phi) is 5.60. The first-order chi connectivity index (χ1) is 15.1. The Morgan fingerprint density at radius 3 is 2.59 bits per heavy atom. The third-order valence-electron chi connectivity index (χ3n) is 5.14. The zero-order valence-corrected chi connectivity index (χ0v) is 17.3. The average molecular weight is 443 g/mol. The molecule has 166 valence electrons. The van der Waals surface area contributed by atoms with Gasteiger partial charge in [-0.3, -0.25) is 14.7 Å². The number of hydrogen-bond acceptors (Lipinski definition) is 5. The first-order valence-corrected chi connectivity index (χ1v) is 9.84. The highest BCUT2D eigenvalue weighted by molar-refractivity contribution is 6.10. The van der Waals surface area contributed by atoms with E-state index in [0.29, 0.717) is 33.8 Å². The quantitative estimate of drug-likeness (QED) is 0.614. The Balaban J connectivity index is 1.71. The lowest BCUT2D eigenvalue weighted by molar-refractivity contribution is 0.0782. The molecule has 0 saturated heterocycles. The number of rotatable bonds is 6. The number of aliphatic hydroxyl groups is 1. The van der Waals surface area contributed by atoms with Gasteiger partial charge in [0.1, 0.15) is 24.0 Å². The lowest BCUT2D eigenvalue weighted by atomic mass is 10.0. The maximum Gasteiger partial charge on any atom is 0.272 e. The second kappa shape index (κ2) is 8.23. The molecule has 0 unspecified atom stereocenters. The zero-order chi connectivity index (χ0) is 23.0. The molecule has 1 aliphatic rings. The molecule has 0 aliphatic carbocycles. The van der Waals surface area contributed by atoms with Crippen LogP contribution in [0.4, 0.5) is 19.0 Å². The molecule has 1 aliphatic heterocycles. The van der Waals surface area contributed by atoms with Gasteiger partial charge in [-0.1, -0.05) is 6.07 Å². The number of carbonyl (C=O) groups excluding carboxylic acids is 1. The summed E-state index contributed by atoms with van der Waals surface area (Å²) in [6, 6.07) is 8.48. The van der Waals surface area contributed by atoms with Gasteiger partial charge in [-0.2, -0.15) is 0 Å². The molecule has 1 amide bonds. The number of pyridine rings is 2. The van der Waals surface area contributed by atoms with Gasteiger partial charge in [-0.25, -0.2) is 18.2 Å². The van der Waals surface area contributed by atoms with Crippen molar-refractivity contribution < 1.29 is 27.8 Å². The molecule has 0 bridgehead atoms. The van der Waals surface area contributed by atoms with Crippen molar-refractivity contribution in [2.24, 2.45) is 0 Å². The van der Waals surface area contributed by atoms with Gasteiger partial charge in [0.15, 0.2) is 0 Å². The molecule has 3 heterocycles. The van der Waals surface area contributed by atoms with Crippen molar-refractivity contribution in [2.75, 3.05) is 11.5 Å². The van der Waals surface area contributed by atoms with E-state index in [2.05, 4.69) is 9.97 Å². The molecule has 9 heteroatoms. The summed E-state index contributed by atoms with van der Waals surface area (Å²) in [5.74, 6) is -0.633. The molecule has 32 heavy (non-hydrogen) atoms. The molecule has 4 rings (SSSR count). The molecule has 3 aromatic rings. The molecule has 6 nitrogen and oxygen atoms in total. The minimum absolute atomic E-state index is 0.0789. The highest BCUT2D eigenvalue weighted by Gasteiger charge is 2.33. The summed E-state index contributed by atoms with van der Waals surface area (Å²) in [6.07, 6.45) is 0.206. The predicted octanol–water partition coefficient (Wildman–Crippen LogP) is 4.31. The molecule has 0 saturated carbocycles. The molecule has 0 atom stereocenters. The number of amides is 1. The maximum atomic E-state index is 13.7. The van der Waals surface area contributed by atoms with Crippen molar-refractivity contribution in [1.29, 1.82) is 0 Å². The van der Waals surface area contributed by atoms with Gasteiger partial charge < -0.3 is 9.84 Å². The SMILES string of the molecule is CC(C)(O)c1ccc(N2Cc3c(ccnc3-c3ccc(F)cc3OCC(F)F)C2=O)nc1. The molecular formula is C23H20F3N3O3. The number of alkyl halides is 2.